The number of likely N-dealkylation sites (N-methyl/N-ethyl adjacent to an activating group) is 1. The zero-order chi connectivity index (χ0) is 20.7. The number of carbonyl (C=O) groups is 1. The van der Waals surface area contributed by atoms with Crippen LogP contribution >= 0.6 is 0 Å². The first-order valence-electron chi connectivity index (χ1n) is 7.80. The van der Waals surface area contributed by atoms with Gasteiger partial charge in [-0.15, -0.1) is 4.91 Å². The van der Waals surface area contributed by atoms with E-state index in [4.69, 9.17) is 15.9 Å². The molecule has 0 aromatic heterocycles. The van der Waals surface area contributed by atoms with Crippen LogP contribution < -0.4 is 21.3 Å². The van der Waals surface area contributed by atoms with E-state index >= 15 is 0 Å². The van der Waals surface area contributed by atoms with Crippen molar-refractivity contribution in [3.8, 4) is 0 Å². The minimum atomic E-state index is -2.80. The van der Waals surface area contributed by atoms with Crippen molar-refractivity contribution in [1.29, 1.82) is 5.41 Å². The number of halogens is 3. The molecular weight excluding hydrogens is 369 g/mol. The molecular formula is C15H23F3N6O3. The maximum Gasteiger partial charge on any atom is 0.293 e. The smallest absolute Gasteiger partial charge is 0.293 e. The summed E-state index contributed by atoms with van der Waals surface area (Å²) in [7, 11) is 1.72. The van der Waals surface area contributed by atoms with Crippen LogP contribution in [0.25, 0.3) is 0 Å². The molecule has 0 aliphatic carbocycles. The van der Waals surface area contributed by atoms with Gasteiger partial charge >= 0.3 is 0 Å². The van der Waals surface area contributed by atoms with Crippen LogP contribution in [0.15, 0.2) is 23.5 Å². The van der Waals surface area contributed by atoms with E-state index in [0.717, 1.165) is 6.34 Å². The van der Waals surface area contributed by atoms with Crippen LogP contribution in [-0.4, -0.2) is 58.4 Å². The van der Waals surface area contributed by atoms with Crippen molar-refractivity contribution in [3.63, 3.8) is 0 Å². The topological polar surface area (TPSA) is 133 Å². The summed E-state index contributed by atoms with van der Waals surface area (Å²) in [6, 6.07) is 4.55. The van der Waals surface area contributed by atoms with Crippen molar-refractivity contribution < 1.29 is 22.8 Å². The molecule has 1 aromatic carbocycles. The van der Waals surface area contributed by atoms with Gasteiger partial charge in [0.05, 0.1) is 18.6 Å². The Labute approximate surface area is 154 Å². The Hall–Kier alpha value is -2.73. The van der Waals surface area contributed by atoms with Gasteiger partial charge in [0.2, 0.25) is 0 Å². The highest BCUT2D eigenvalue weighted by Gasteiger charge is 2.12. The maximum absolute atomic E-state index is 14.1. The fourth-order valence-corrected chi connectivity index (χ4v) is 1.91. The number of anilines is 2. The molecule has 0 radical (unpaired) electrons. The molecule has 1 rings (SSSR count). The maximum atomic E-state index is 14.1. The average molecular weight is 392 g/mol. The van der Waals surface area contributed by atoms with Gasteiger partial charge in [0.25, 0.3) is 6.43 Å². The van der Waals surface area contributed by atoms with Gasteiger partial charge in [-0.2, -0.15) is 0 Å². The molecule has 152 valence electrons. The number of nitrogens with zero attached hydrogens (tertiary/aromatic N) is 2. The minimum absolute atomic E-state index is 0.281. The number of nitrogens with two attached hydrogens (primary N) is 1. The summed E-state index contributed by atoms with van der Waals surface area (Å²) >= 11 is 0. The van der Waals surface area contributed by atoms with E-state index in [1.807, 2.05) is 0 Å². The molecule has 0 bridgehead atoms. The molecule has 0 saturated heterocycles. The fraction of sp³-hybridized carbons (Fsp3) is 0.467. The monoisotopic (exact) mass is 392 g/mol. The van der Waals surface area contributed by atoms with Crippen LogP contribution in [0.3, 0.4) is 0 Å². The normalized spacial score (nSPS) is 11.0. The number of nitrogens with one attached hydrogen (secondary N) is 3. The average Bonchev–Trinajstić information content (AvgIpc) is 2.65. The number of hydrogen-bond acceptors (Lipinski definition) is 8. The number of carbonyl (C=O) groups excluding carboxylic acids is 1. The summed E-state index contributed by atoms with van der Waals surface area (Å²) in [5, 5.41) is 15.5. The van der Waals surface area contributed by atoms with Crippen molar-refractivity contribution in [2.24, 2.45) is 11.1 Å². The molecule has 1 unspecified atom stereocenters. The molecule has 0 saturated carbocycles. The Morgan fingerprint density at radius 1 is 1.41 bits per heavy atom. The van der Waals surface area contributed by atoms with Gasteiger partial charge in [0, 0.05) is 25.3 Å². The second kappa shape index (κ2) is 14.4. The standard InChI is InChI=1S/C13H21FN6O2.C2H2F2O/c1-17-7-11(22-19-21)8-18-10-2-3-13(12(14)6-10)20(9-16)5-4-15;3-2(4)1-5/h2-3,6,9,11,16-18H,4-5,7-8,15H2,1H3;1-2H. The summed E-state index contributed by atoms with van der Waals surface area (Å²) in [6.07, 6.45) is -2.64. The molecule has 12 heteroatoms. The van der Waals surface area contributed by atoms with E-state index in [1.165, 1.54) is 11.0 Å². The van der Waals surface area contributed by atoms with E-state index in [1.54, 1.807) is 19.2 Å². The summed E-state index contributed by atoms with van der Waals surface area (Å²) in [5.74, 6) is -0.471. The molecule has 1 aromatic rings. The van der Waals surface area contributed by atoms with Crippen LogP contribution in [0.2, 0.25) is 0 Å². The van der Waals surface area contributed by atoms with E-state index in [9.17, 15) is 18.1 Å². The van der Waals surface area contributed by atoms with Crippen LogP contribution in [0.1, 0.15) is 0 Å². The summed E-state index contributed by atoms with van der Waals surface area (Å²) < 4.78 is 34.9. The van der Waals surface area contributed by atoms with Crippen molar-refractivity contribution >= 4 is 24.0 Å². The number of benzene rings is 1. The van der Waals surface area contributed by atoms with E-state index < -0.39 is 24.6 Å². The van der Waals surface area contributed by atoms with Crippen molar-refractivity contribution in [3.05, 3.63) is 28.9 Å². The van der Waals surface area contributed by atoms with Gasteiger partial charge in [-0.25, -0.2) is 13.2 Å². The van der Waals surface area contributed by atoms with Gasteiger partial charge in [-0.3, -0.25) is 10.2 Å². The van der Waals surface area contributed by atoms with Crippen LogP contribution in [0, 0.1) is 16.1 Å². The van der Waals surface area contributed by atoms with E-state index in [-0.39, 0.29) is 5.69 Å². The predicted molar refractivity (Wildman–Crippen MR) is 96.7 cm³/mol. The van der Waals surface area contributed by atoms with Gasteiger partial charge < -0.3 is 26.1 Å². The SMILES string of the molecule is CNCC(CNc1ccc(N(C=N)CCN)c(F)c1)ON=O.O=CC(F)F. The summed E-state index contributed by atoms with van der Waals surface area (Å²) in [4.78, 5) is 25.0. The lowest BCUT2D eigenvalue weighted by atomic mass is 10.2. The highest BCUT2D eigenvalue weighted by molar-refractivity contribution is 5.78. The first-order valence-corrected chi connectivity index (χ1v) is 7.80. The quantitative estimate of drug-likeness (QED) is 0.139. The third-order valence-corrected chi connectivity index (χ3v) is 3.04. The largest absolute Gasteiger partial charge is 0.381 e. The summed E-state index contributed by atoms with van der Waals surface area (Å²) in [5.41, 5.74) is 6.24. The highest BCUT2D eigenvalue weighted by Crippen LogP contribution is 2.22. The first kappa shape index (κ1) is 24.3. The van der Waals surface area contributed by atoms with Crippen LogP contribution in [-0.2, 0) is 9.63 Å². The zero-order valence-electron chi connectivity index (χ0n) is 14.7. The molecule has 5 N–H and O–H groups in total. The lowest BCUT2D eigenvalue weighted by molar-refractivity contribution is -0.116. The Morgan fingerprint density at radius 2 is 2.07 bits per heavy atom. The molecule has 1 atom stereocenters. The van der Waals surface area contributed by atoms with E-state index in [0.29, 0.717) is 31.9 Å². The first-order chi connectivity index (χ1) is 12.9. The molecule has 0 spiro atoms. The van der Waals surface area contributed by atoms with Crippen molar-refractivity contribution in [2.75, 3.05) is 43.4 Å². The van der Waals surface area contributed by atoms with Gasteiger partial charge in [0.15, 0.2) is 17.7 Å². The third kappa shape index (κ3) is 10.1. The Bertz CT molecular complexity index is 580. The van der Waals surface area contributed by atoms with Crippen molar-refractivity contribution in [1.82, 2.24) is 5.32 Å². The second-order valence-electron chi connectivity index (χ2n) is 4.99. The molecule has 0 fully saturated rings. The molecule has 0 amide bonds. The molecule has 9 nitrogen and oxygen atoms in total. The number of hydrogen-bond donors (Lipinski definition) is 4. The molecule has 0 aliphatic rings. The number of rotatable bonds is 12. The third-order valence-electron chi connectivity index (χ3n) is 3.04. The molecule has 0 heterocycles. The second-order valence-corrected chi connectivity index (χ2v) is 4.99. The number of aldehydes is 1. The highest BCUT2D eigenvalue weighted by atomic mass is 19.3. The van der Waals surface area contributed by atoms with E-state index in [2.05, 4.69) is 20.8 Å². The van der Waals surface area contributed by atoms with Crippen molar-refractivity contribution in [2.45, 2.75) is 12.5 Å². The lowest BCUT2D eigenvalue weighted by Gasteiger charge is -2.20. The van der Waals surface area contributed by atoms with Crippen LogP contribution in [0.4, 0.5) is 24.5 Å². The number of alkyl halides is 2. The fourth-order valence-electron chi connectivity index (χ4n) is 1.91. The predicted octanol–water partition coefficient (Wildman–Crippen LogP) is 1.35. The zero-order valence-corrected chi connectivity index (χ0v) is 14.7. The van der Waals surface area contributed by atoms with Gasteiger partial charge in [-0.1, -0.05) is 0 Å². The Balaban J connectivity index is 0.00000119. The van der Waals surface area contributed by atoms with Crippen LogP contribution in [0.5, 0.6) is 0 Å². The van der Waals surface area contributed by atoms with Gasteiger partial charge in [-0.05, 0) is 25.2 Å². The minimum Gasteiger partial charge on any atom is -0.381 e. The lowest BCUT2D eigenvalue weighted by Crippen LogP contribution is -2.31. The Morgan fingerprint density at radius 3 is 2.52 bits per heavy atom. The molecule has 0 aliphatic heterocycles. The van der Waals surface area contributed by atoms with Gasteiger partial charge in [0.1, 0.15) is 5.82 Å². The Kier molecular flexibility index (Phi) is 13.0. The molecule has 27 heavy (non-hydrogen) atoms. The summed E-state index contributed by atoms with van der Waals surface area (Å²) in [6.45, 7) is 1.40.